The van der Waals surface area contributed by atoms with Crippen molar-refractivity contribution in [2.24, 2.45) is 0 Å². The van der Waals surface area contributed by atoms with Gasteiger partial charge in [0.1, 0.15) is 5.60 Å². The molecule has 2 heterocycles. The number of hydrogen-bond acceptors (Lipinski definition) is 3. The van der Waals surface area contributed by atoms with Gasteiger partial charge in [0, 0.05) is 5.69 Å². The highest BCUT2D eigenvalue weighted by Gasteiger charge is 2.22. The van der Waals surface area contributed by atoms with Crippen LogP contribution < -0.4 is 0 Å². The summed E-state index contributed by atoms with van der Waals surface area (Å²) in [5, 5.41) is 2.01. The van der Waals surface area contributed by atoms with Crippen molar-refractivity contribution in [2.45, 2.75) is 52.6 Å². The number of nitrogens with zero attached hydrogens (tertiary/aromatic N) is 1. The molecule has 2 rings (SSSR count). The van der Waals surface area contributed by atoms with Crippen LogP contribution >= 0.6 is 11.3 Å². The minimum Gasteiger partial charge on any atom is -0.443 e. The van der Waals surface area contributed by atoms with E-state index in [1.54, 1.807) is 15.9 Å². The fourth-order valence-electron chi connectivity index (χ4n) is 2.04. The van der Waals surface area contributed by atoms with E-state index >= 15 is 0 Å². The standard InChI is InChI=1S/C15H21NO2S/c1-5-6-7-11-10-13-12(8-9-19-13)16(11)14(17)18-15(2,3)4/h8-10H,5-7H2,1-4H3. The number of aryl methyl sites for hydroxylation is 1. The number of carbonyl (C=O) groups excluding carboxylic acids is 1. The van der Waals surface area contributed by atoms with E-state index in [1.807, 2.05) is 32.2 Å². The zero-order valence-electron chi connectivity index (χ0n) is 12.0. The SMILES string of the molecule is CCCCc1cc2sccc2n1C(=O)OC(C)(C)C. The summed E-state index contributed by atoms with van der Waals surface area (Å²) in [6, 6.07) is 4.10. The Kier molecular flexibility index (Phi) is 3.99. The van der Waals surface area contributed by atoms with Crippen LogP contribution in [0.3, 0.4) is 0 Å². The first-order chi connectivity index (χ1) is 8.92. The largest absolute Gasteiger partial charge is 0.443 e. The van der Waals surface area contributed by atoms with Gasteiger partial charge in [-0.25, -0.2) is 9.36 Å². The smallest absolute Gasteiger partial charge is 0.419 e. The van der Waals surface area contributed by atoms with Crippen LogP contribution in [0.25, 0.3) is 10.2 Å². The molecule has 2 aromatic rings. The van der Waals surface area contributed by atoms with Gasteiger partial charge in [-0.05, 0) is 51.1 Å². The molecule has 0 fully saturated rings. The van der Waals surface area contributed by atoms with E-state index in [9.17, 15) is 4.79 Å². The molecular weight excluding hydrogens is 258 g/mol. The van der Waals surface area contributed by atoms with Crippen molar-refractivity contribution >= 4 is 27.6 Å². The normalized spacial score (nSPS) is 12.0. The third-order valence-corrected chi connectivity index (χ3v) is 3.71. The second-order valence-corrected chi connectivity index (χ2v) is 6.67. The van der Waals surface area contributed by atoms with Crippen LogP contribution in [-0.2, 0) is 11.2 Å². The molecule has 0 bridgehead atoms. The fraction of sp³-hybridized carbons (Fsp3) is 0.533. The molecule has 0 N–H and O–H groups in total. The first-order valence-corrected chi connectivity index (χ1v) is 7.61. The van der Waals surface area contributed by atoms with Crippen molar-refractivity contribution in [3.8, 4) is 0 Å². The molecule has 0 aliphatic carbocycles. The number of hydrogen-bond donors (Lipinski definition) is 0. The van der Waals surface area contributed by atoms with Crippen molar-refractivity contribution in [1.29, 1.82) is 0 Å². The number of carbonyl (C=O) groups is 1. The molecule has 0 spiro atoms. The Labute approximate surface area is 118 Å². The molecule has 104 valence electrons. The average molecular weight is 279 g/mol. The minimum atomic E-state index is -0.467. The van der Waals surface area contributed by atoms with Crippen molar-refractivity contribution < 1.29 is 9.53 Å². The summed E-state index contributed by atoms with van der Waals surface area (Å²) in [5.41, 5.74) is 1.55. The average Bonchev–Trinajstić information content (AvgIpc) is 2.82. The quantitative estimate of drug-likeness (QED) is 0.806. The second-order valence-electron chi connectivity index (χ2n) is 5.73. The Hall–Kier alpha value is -1.29. The molecule has 0 saturated carbocycles. The minimum absolute atomic E-state index is 0.271. The van der Waals surface area contributed by atoms with Crippen molar-refractivity contribution in [1.82, 2.24) is 4.57 Å². The maximum atomic E-state index is 12.4. The van der Waals surface area contributed by atoms with Crippen LogP contribution in [0.1, 0.15) is 46.2 Å². The third kappa shape index (κ3) is 3.18. The van der Waals surface area contributed by atoms with Gasteiger partial charge in [-0.1, -0.05) is 13.3 Å². The number of ether oxygens (including phenoxy) is 1. The highest BCUT2D eigenvalue weighted by Crippen LogP contribution is 2.27. The van der Waals surface area contributed by atoms with E-state index in [-0.39, 0.29) is 6.09 Å². The monoisotopic (exact) mass is 279 g/mol. The van der Waals surface area contributed by atoms with Crippen LogP contribution in [0.2, 0.25) is 0 Å². The van der Waals surface area contributed by atoms with E-state index in [2.05, 4.69) is 13.0 Å². The summed E-state index contributed by atoms with van der Waals surface area (Å²) in [5.74, 6) is 0. The molecule has 0 radical (unpaired) electrons. The number of rotatable bonds is 3. The highest BCUT2D eigenvalue weighted by molar-refractivity contribution is 7.17. The van der Waals surface area contributed by atoms with Gasteiger partial charge in [-0.2, -0.15) is 0 Å². The third-order valence-electron chi connectivity index (χ3n) is 2.86. The summed E-state index contributed by atoms with van der Waals surface area (Å²) < 4.78 is 8.39. The van der Waals surface area contributed by atoms with Gasteiger partial charge >= 0.3 is 6.09 Å². The predicted molar refractivity (Wildman–Crippen MR) is 80.1 cm³/mol. The highest BCUT2D eigenvalue weighted by atomic mass is 32.1. The van der Waals surface area contributed by atoms with Crippen LogP contribution in [0, 0.1) is 0 Å². The van der Waals surface area contributed by atoms with E-state index in [1.165, 1.54) is 0 Å². The van der Waals surface area contributed by atoms with Gasteiger partial charge in [0.2, 0.25) is 0 Å². The maximum absolute atomic E-state index is 12.4. The Bertz CT molecular complexity index is 574. The summed E-state index contributed by atoms with van der Waals surface area (Å²) in [6.07, 6.45) is 2.84. The molecular formula is C15H21NO2S. The summed E-state index contributed by atoms with van der Waals surface area (Å²) >= 11 is 1.66. The molecule has 4 heteroatoms. The van der Waals surface area contributed by atoms with Gasteiger partial charge in [0.15, 0.2) is 0 Å². The molecule has 0 aliphatic rings. The van der Waals surface area contributed by atoms with E-state index in [0.29, 0.717) is 0 Å². The number of thiophene rings is 1. The van der Waals surface area contributed by atoms with Gasteiger partial charge in [-0.3, -0.25) is 0 Å². The lowest BCUT2D eigenvalue weighted by Gasteiger charge is -2.20. The topological polar surface area (TPSA) is 31.2 Å². The Morgan fingerprint density at radius 3 is 2.79 bits per heavy atom. The molecule has 0 aliphatic heterocycles. The second kappa shape index (κ2) is 5.37. The Morgan fingerprint density at radius 2 is 2.16 bits per heavy atom. The summed E-state index contributed by atoms with van der Waals surface area (Å²) in [4.78, 5) is 12.4. The van der Waals surface area contributed by atoms with Crippen LogP contribution in [-0.4, -0.2) is 16.3 Å². The van der Waals surface area contributed by atoms with Crippen LogP contribution in [0.4, 0.5) is 4.79 Å². The molecule has 0 saturated heterocycles. The van der Waals surface area contributed by atoms with Crippen molar-refractivity contribution in [3.63, 3.8) is 0 Å². The number of aromatic nitrogens is 1. The first kappa shape index (κ1) is 14.1. The molecule has 0 aromatic carbocycles. The van der Waals surface area contributed by atoms with Crippen molar-refractivity contribution in [3.05, 3.63) is 23.2 Å². The number of unbranched alkanes of at least 4 members (excludes halogenated alkanes) is 1. The van der Waals surface area contributed by atoms with Gasteiger partial charge in [-0.15, -0.1) is 11.3 Å². The Balaban J connectivity index is 2.37. The maximum Gasteiger partial charge on any atom is 0.419 e. The molecule has 0 unspecified atom stereocenters. The fourth-order valence-corrected chi connectivity index (χ4v) is 2.87. The van der Waals surface area contributed by atoms with Gasteiger partial charge in [0.25, 0.3) is 0 Å². The molecule has 0 amide bonds. The zero-order chi connectivity index (χ0) is 14.0. The predicted octanol–water partition coefficient (Wildman–Crippen LogP) is 4.83. The summed E-state index contributed by atoms with van der Waals surface area (Å²) in [7, 11) is 0. The first-order valence-electron chi connectivity index (χ1n) is 6.73. The molecule has 3 nitrogen and oxygen atoms in total. The molecule has 0 atom stereocenters. The van der Waals surface area contributed by atoms with Crippen molar-refractivity contribution in [2.75, 3.05) is 0 Å². The molecule has 2 aromatic heterocycles. The number of fused-ring (bicyclic) bond motifs is 1. The lowest BCUT2D eigenvalue weighted by Crippen LogP contribution is -2.27. The van der Waals surface area contributed by atoms with Crippen LogP contribution in [0.5, 0.6) is 0 Å². The summed E-state index contributed by atoms with van der Waals surface area (Å²) in [6.45, 7) is 7.84. The van der Waals surface area contributed by atoms with Gasteiger partial charge < -0.3 is 4.74 Å². The van der Waals surface area contributed by atoms with Gasteiger partial charge in [0.05, 0.1) is 10.2 Å². The lowest BCUT2D eigenvalue weighted by molar-refractivity contribution is 0.0540. The van der Waals surface area contributed by atoms with Crippen LogP contribution in [0.15, 0.2) is 17.5 Å². The zero-order valence-corrected chi connectivity index (χ0v) is 12.8. The van der Waals surface area contributed by atoms with E-state index in [4.69, 9.17) is 4.74 Å². The lowest BCUT2D eigenvalue weighted by atomic mass is 10.2. The van der Waals surface area contributed by atoms with E-state index in [0.717, 1.165) is 35.2 Å². The van der Waals surface area contributed by atoms with E-state index < -0.39 is 5.60 Å². The molecule has 19 heavy (non-hydrogen) atoms. The Morgan fingerprint density at radius 1 is 1.42 bits per heavy atom.